The fraction of sp³-hybridized carbons (Fsp3) is 0.400. The molecule has 7 heteroatoms. The van der Waals surface area contributed by atoms with Gasteiger partial charge in [0.25, 0.3) is 0 Å². The van der Waals surface area contributed by atoms with E-state index in [4.69, 9.17) is 16.1 Å². The molecule has 1 unspecified atom stereocenters. The summed E-state index contributed by atoms with van der Waals surface area (Å²) < 4.78 is 5.19. The molecule has 1 amide bonds. The van der Waals surface area contributed by atoms with Crippen LogP contribution in [0.1, 0.15) is 18.7 Å². The third-order valence-corrected chi connectivity index (χ3v) is 3.93. The van der Waals surface area contributed by atoms with Crippen LogP contribution in [0.3, 0.4) is 0 Å². The number of rotatable bonds is 5. The van der Waals surface area contributed by atoms with Crippen molar-refractivity contribution in [1.82, 2.24) is 20.8 Å². The molecule has 1 aromatic carbocycles. The van der Waals surface area contributed by atoms with Crippen LogP contribution in [-0.2, 0) is 11.2 Å². The highest BCUT2D eigenvalue weighted by atomic mass is 35.5. The van der Waals surface area contributed by atoms with Gasteiger partial charge in [-0.1, -0.05) is 28.9 Å². The van der Waals surface area contributed by atoms with E-state index in [0.717, 1.165) is 24.9 Å². The van der Waals surface area contributed by atoms with Gasteiger partial charge in [0.15, 0.2) is 0 Å². The van der Waals surface area contributed by atoms with Crippen molar-refractivity contribution >= 4 is 17.5 Å². The zero-order valence-corrected chi connectivity index (χ0v) is 12.8. The molecule has 2 heterocycles. The van der Waals surface area contributed by atoms with Crippen LogP contribution in [0.25, 0.3) is 11.4 Å². The third kappa shape index (κ3) is 3.45. The monoisotopic (exact) mass is 320 g/mol. The van der Waals surface area contributed by atoms with Gasteiger partial charge in [0, 0.05) is 18.5 Å². The van der Waals surface area contributed by atoms with Crippen molar-refractivity contribution in [3.05, 3.63) is 35.2 Å². The maximum Gasteiger partial charge on any atom is 0.237 e. The molecule has 0 radical (unpaired) electrons. The van der Waals surface area contributed by atoms with Crippen LogP contribution in [0.15, 0.2) is 28.8 Å². The van der Waals surface area contributed by atoms with Crippen molar-refractivity contribution < 1.29 is 9.32 Å². The molecular weight excluding hydrogens is 304 g/mol. The van der Waals surface area contributed by atoms with Gasteiger partial charge in [-0.25, -0.2) is 0 Å². The summed E-state index contributed by atoms with van der Waals surface area (Å²) in [5, 5.41) is 10.5. The van der Waals surface area contributed by atoms with Gasteiger partial charge in [0.1, 0.15) is 0 Å². The van der Waals surface area contributed by atoms with Crippen molar-refractivity contribution in [1.29, 1.82) is 0 Å². The van der Waals surface area contributed by atoms with Gasteiger partial charge >= 0.3 is 0 Å². The number of benzene rings is 1. The molecule has 3 rings (SSSR count). The van der Waals surface area contributed by atoms with Crippen LogP contribution in [-0.4, -0.2) is 35.2 Å². The highest BCUT2D eigenvalue weighted by Gasteiger charge is 2.21. The van der Waals surface area contributed by atoms with Crippen molar-refractivity contribution in [2.75, 3.05) is 13.1 Å². The van der Waals surface area contributed by atoms with E-state index in [-0.39, 0.29) is 11.9 Å². The molecule has 0 bridgehead atoms. The summed E-state index contributed by atoms with van der Waals surface area (Å²) in [6, 6.07) is 7.26. The first-order chi connectivity index (χ1) is 10.7. The Bertz CT molecular complexity index is 652. The normalized spacial score (nSPS) is 17.6. The highest BCUT2D eigenvalue weighted by molar-refractivity contribution is 6.33. The predicted octanol–water partition coefficient (Wildman–Crippen LogP) is 1.80. The average Bonchev–Trinajstić information content (AvgIpc) is 3.19. The first kappa shape index (κ1) is 15.0. The molecule has 116 valence electrons. The lowest BCUT2D eigenvalue weighted by molar-refractivity contribution is -0.122. The lowest BCUT2D eigenvalue weighted by Gasteiger charge is -2.09. The molecule has 1 atom stereocenters. The van der Waals surface area contributed by atoms with Gasteiger partial charge < -0.3 is 15.2 Å². The number of hydrogen-bond donors (Lipinski definition) is 2. The lowest BCUT2D eigenvalue weighted by atomic mass is 10.2. The third-order valence-electron chi connectivity index (χ3n) is 3.60. The van der Waals surface area contributed by atoms with Gasteiger partial charge in [-0.05, 0) is 31.5 Å². The molecule has 2 aromatic rings. The second kappa shape index (κ2) is 6.89. The number of amides is 1. The second-order valence-electron chi connectivity index (χ2n) is 5.18. The summed E-state index contributed by atoms with van der Waals surface area (Å²) in [7, 11) is 0. The van der Waals surface area contributed by atoms with E-state index in [2.05, 4.69) is 20.8 Å². The summed E-state index contributed by atoms with van der Waals surface area (Å²) in [5.74, 6) is 0.974. The van der Waals surface area contributed by atoms with Crippen molar-refractivity contribution in [2.24, 2.45) is 0 Å². The van der Waals surface area contributed by atoms with E-state index in [0.29, 0.717) is 29.7 Å². The molecule has 1 aliphatic rings. The molecule has 1 fully saturated rings. The number of carbonyl (C=O) groups excluding carboxylic acids is 1. The van der Waals surface area contributed by atoms with Crippen molar-refractivity contribution in [3.63, 3.8) is 0 Å². The summed E-state index contributed by atoms with van der Waals surface area (Å²) in [6.45, 7) is 1.38. The Morgan fingerprint density at radius 3 is 3.09 bits per heavy atom. The fourth-order valence-electron chi connectivity index (χ4n) is 2.43. The zero-order chi connectivity index (χ0) is 15.4. The van der Waals surface area contributed by atoms with E-state index in [9.17, 15) is 4.79 Å². The standard InChI is InChI=1S/C15H17ClN4O2/c16-11-5-2-1-4-10(11)14-19-13(22-20-14)7-9-18-15(21)12-6-3-8-17-12/h1-2,4-5,12,17H,3,6-9H2,(H,18,21). The Morgan fingerprint density at radius 1 is 1.45 bits per heavy atom. The molecule has 0 saturated carbocycles. The molecule has 0 spiro atoms. The SMILES string of the molecule is O=C(NCCc1nc(-c2ccccc2Cl)no1)C1CCCN1. The molecule has 2 N–H and O–H groups in total. The minimum Gasteiger partial charge on any atom is -0.354 e. The van der Waals surface area contributed by atoms with Crippen LogP contribution < -0.4 is 10.6 Å². The number of carbonyl (C=O) groups is 1. The largest absolute Gasteiger partial charge is 0.354 e. The molecule has 0 aliphatic carbocycles. The minimum absolute atomic E-state index is 0.0309. The van der Waals surface area contributed by atoms with E-state index in [1.165, 1.54) is 0 Å². The van der Waals surface area contributed by atoms with E-state index >= 15 is 0 Å². The van der Waals surface area contributed by atoms with Crippen LogP contribution >= 0.6 is 11.6 Å². The van der Waals surface area contributed by atoms with E-state index in [1.54, 1.807) is 6.07 Å². The van der Waals surface area contributed by atoms with Crippen LogP contribution in [0.2, 0.25) is 5.02 Å². The van der Waals surface area contributed by atoms with Crippen molar-refractivity contribution in [2.45, 2.75) is 25.3 Å². The Hall–Kier alpha value is -1.92. The van der Waals surface area contributed by atoms with Crippen LogP contribution in [0.5, 0.6) is 0 Å². The molecule has 1 aliphatic heterocycles. The van der Waals surface area contributed by atoms with Crippen LogP contribution in [0.4, 0.5) is 0 Å². The quantitative estimate of drug-likeness (QED) is 0.878. The number of aromatic nitrogens is 2. The molecule has 6 nitrogen and oxygen atoms in total. The number of halogens is 1. The first-order valence-corrected chi connectivity index (χ1v) is 7.70. The predicted molar refractivity (Wildman–Crippen MR) is 82.5 cm³/mol. The first-order valence-electron chi connectivity index (χ1n) is 7.32. The molecule has 1 aromatic heterocycles. The number of nitrogens with zero attached hydrogens (tertiary/aromatic N) is 2. The van der Waals surface area contributed by atoms with Gasteiger partial charge in [0.05, 0.1) is 11.1 Å². The number of hydrogen-bond acceptors (Lipinski definition) is 5. The molecule has 22 heavy (non-hydrogen) atoms. The summed E-state index contributed by atoms with van der Waals surface area (Å²) in [5.41, 5.74) is 0.735. The highest BCUT2D eigenvalue weighted by Crippen LogP contribution is 2.24. The zero-order valence-electron chi connectivity index (χ0n) is 12.0. The summed E-state index contributed by atoms with van der Waals surface area (Å²) in [4.78, 5) is 16.2. The second-order valence-corrected chi connectivity index (χ2v) is 5.59. The topological polar surface area (TPSA) is 80.1 Å². The fourth-order valence-corrected chi connectivity index (χ4v) is 2.65. The average molecular weight is 321 g/mol. The van der Waals surface area contributed by atoms with Crippen molar-refractivity contribution in [3.8, 4) is 11.4 Å². The van der Waals surface area contributed by atoms with Gasteiger partial charge in [0.2, 0.25) is 17.6 Å². The molecular formula is C15H17ClN4O2. The molecule has 1 saturated heterocycles. The van der Waals surface area contributed by atoms with E-state index in [1.807, 2.05) is 18.2 Å². The Morgan fingerprint density at radius 2 is 2.32 bits per heavy atom. The summed E-state index contributed by atoms with van der Waals surface area (Å²) >= 11 is 6.10. The Labute approximate surface area is 133 Å². The van der Waals surface area contributed by atoms with E-state index < -0.39 is 0 Å². The van der Waals surface area contributed by atoms with Gasteiger partial charge in [-0.3, -0.25) is 4.79 Å². The maximum absolute atomic E-state index is 11.8. The van der Waals surface area contributed by atoms with Crippen LogP contribution in [0, 0.1) is 0 Å². The van der Waals surface area contributed by atoms with Gasteiger partial charge in [-0.15, -0.1) is 0 Å². The van der Waals surface area contributed by atoms with Gasteiger partial charge in [-0.2, -0.15) is 4.98 Å². The smallest absolute Gasteiger partial charge is 0.237 e. The maximum atomic E-state index is 11.8. The minimum atomic E-state index is -0.0682. The Balaban J connectivity index is 1.54. The summed E-state index contributed by atoms with van der Waals surface area (Å²) in [6.07, 6.45) is 2.43. The number of nitrogens with one attached hydrogen (secondary N) is 2. The lowest BCUT2D eigenvalue weighted by Crippen LogP contribution is -2.41. The Kier molecular flexibility index (Phi) is 4.70.